The van der Waals surface area contributed by atoms with Crippen LogP contribution in [0.2, 0.25) is 0 Å². The van der Waals surface area contributed by atoms with Gasteiger partial charge in [-0.2, -0.15) is 13.2 Å². The zero-order chi connectivity index (χ0) is 19.1. The molecule has 1 N–H and O–H groups in total. The Labute approximate surface area is 149 Å². The van der Waals surface area contributed by atoms with Crippen LogP contribution in [0.4, 0.5) is 13.2 Å². The lowest BCUT2D eigenvalue weighted by Gasteiger charge is -2.35. The van der Waals surface area contributed by atoms with Crippen LogP contribution in [0.3, 0.4) is 0 Å². The summed E-state index contributed by atoms with van der Waals surface area (Å²) in [5.41, 5.74) is 1.57. The minimum Gasteiger partial charge on any atom is -0.370 e. The first kappa shape index (κ1) is 18.3. The number of hydrogen-bond acceptors (Lipinski definition) is 4. The summed E-state index contributed by atoms with van der Waals surface area (Å²) in [4.78, 5) is 1.49. The molecule has 0 saturated carbocycles. The van der Waals surface area contributed by atoms with Crippen molar-refractivity contribution in [1.82, 2.24) is 10.1 Å². The van der Waals surface area contributed by atoms with Gasteiger partial charge in [0, 0.05) is 17.3 Å². The van der Waals surface area contributed by atoms with Crippen LogP contribution in [0.1, 0.15) is 41.1 Å². The maximum Gasteiger partial charge on any atom is 0.416 e. The van der Waals surface area contributed by atoms with Gasteiger partial charge in [-0.3, -0.25) is 0 Å². The van der Waals surface area contributed by atoms with E-state index in [1.54, 1.807) is 39.1 Å². The normalized spacial score (nSPS) is 18.8. The van der Waals surface area contributed by atoms with Crippen LogP contribution in [-0.2, 0) is 6.18 Å². The summed E-state index contributed by atoms with van der Waals surface area (Å²) in [6.45, 7) is 5.19. The average Bonchev–Trinajstić information content (AvgIpc) is 2.93. The first-order valence-electron chi connectivity index (χ1n) is 8.15. The molecular weight excluding hydrogens is 345 g/mol. The molecule has 0 bridgehead atoms. The van der Waals surface area contributed by atoms with Crippen molar-refractivity contribution in [1.29, 1.82) is 0 Å². The lowest BCUT2D eigenvalue weighted by atomic mass is 9.97. The number of aliphatic hydroxyl groups is 1. The number of hydrogen-bond donors (Lipinski definition) is 1. The molecule has 138 valence electrons. The van der Waals surface area contributed by atoms with Gasteiger partial charge in [-0.1, -0.05) is 29.4 Å². The Hall–Kier alpha value is -2.54. The van der Waals surface area contributed by atoms with Crippen molar-refractivity contribution >= 4 is 5.57 Å². The van der Waals surface area contributed by atoms with E-state index < -0.39 is 24.0 Å². The lowest BCUT2D eigenvalue weighted by Crippen LogP contribution is -2.34. The minimum atomic E-state index is -4.46. The highest BCUT2D eigenvalue weighted by molar-refractivity contribution is 5.77. The number of halogens is 3. The molecule has 1 aliphatic rings. The molecule has 3 rings (SSSR count). The summed E-state index contributed by atoms with van der Waals surface area (Å²) < 4.78 is 45.2. The van der Waals surface area contributed by atoms with Crippen LogP contribution >= 0.6 is 0 Å². The standard InChI is InChI=1S/C19H19F3N2O2/c1-11-18(13(3)26-23-11)14-8-9-17(25)24(10-14)12(2)15-6-4-5-7-16(15)19(20,21)22/h4-10,12,17,25H,1-3H3. The third kappa shape index (κ3) is 3.26. The fraction of sp³-hybridized carbons (Fsp3) is 0.316. The summed E-state index contributed by atoms with van der Waals surface area (Å²) in [7, 11) is 0. The number of aromatic nitrogens is 1. The van der Waals surface area contributed by atoms with Gasteiger partial charge in [0.15, 0.2) is 0 Å². The molecule has 0 spiro atoms. The van der Waals surface area contributed by atoms with Crippen molar-refractivity contribution in [3.8, 4) is 0 Å². The SMILES string of the molecule is Cc1noc(C)c1C1=CN(C(C)c2ccccc2C(F)(F)F)C(O)C=C1. The van der Waals surface area contributed by atoms with Crippen molar-refractivity contribution in [3.63, 3.8) is 0 Å². The smallest absolute Gasteiger partial charge is 0.370 e. The van der Waals surface area contributed by atoms with Gasteiger partial charge in [0.1, 0.15) is 12.0 Å². The first-order chi connectivity index (χ1) is 12.2. The molecule has 0 radical (unpaired) electrons. The van der Waals surface area contributed by atoms with Crippen LogP contribution in [-0.4, -0.2) is 21.4 Å². The molecule has 1 aromatic carbocycles. The quantitative estimate of drug-likeness (QED) is 0.865. The van der Waals surface area contributed by atoms with Crippen molar-refractivity contribution in [2.75, 3.05) is 0 Å². The molecule has 0 fully saturated rings. The Balaban J connectivity index is 2.02. The van der Waals surface area contributed by atoms with E-state index >= 15 is 0 Å². The highest BCUT2D eigenvalue weighted by atomic mass is 19.4. The molecule has 0 saturated heterocycles. The molecule has 26 heavy (non-hydrogen) atoms. The molecule has 0 amide bonds. The highest BCUT2D eigenvalue weighted by Gasteiger charge is 2.36. The number of benzene rings is 1. The average molecular weight is 364 g/mol. The molecule has 0 aliphatic carbocycles. The van der Waals surface area contributed by atoms with E-state index in [1.165, 1.54) is 23.1 Å². The predicted molar refractivity (Wildman–Crippen MR) is 90.8 cm³/mol. The van der Waals surface area contributed by atoms with Gasteiger partial charge in [-0.05, 0) is 38.5 Å². The van der Waals surface area contributed by atoms with Crippen molar-refractivity contribution < 1.29 is 22.8 Å². The fourth-order valence-electron chi connectivity index (χ4n) is 3.23. The van der Waals surface area contributed by atoms with E-state index in [0.29, 0.717) is 11.5 Å². The molecule has 2 atom stereocenters. The second-order valence-electron chi connectivity index (χ2n) is 6.26. The molecule has 1 aliphatic heterocycles. The van der Waals surface area contributed by atoms with E-state index in [0.717, 1.165) is 17.2 Å². The monoisotopic (exact) mass is 364 g/mol. The molecule has 2 unspecified atom stereocenters. The summed E-state index contributed by atoms with van der Waals surface area (Å²) in [6, 6.07) is 4.71. The summed E-state index contributed by atoms with van der Waals surface area (Å²) in [5.74, 6) is 0.609. The van der Waals surface area contributed by atoms with Gasteiger partial charge in [-0.15, -0.1) is 0 Å². The lowest BCUT2D eigenvalue weighted by molar-refractivity contribution is -0.138. The largest absolute Gasteiger partial charge is 0.416 e. The predicted octanol–water partition coefficient (Wildman–Crippen LogP) is 4.60. The van der Waals surface area contributed by atoms with Crippen LogP contribution in [0.5, 0.6) is 0 Å². The Kier molecular flexibility index (Phi) is 4.66. The van der Waals surface area contributed by atoms with Gasteiger partial charge in [0.25, 0.3) is 0 Å². The first-order valence-corrected chi connectivity index (χ1v) is 8.15. The van der Waals surface area contributed by atoms with E-state index in [2.05, 4.69) is 5.16 Å². The van der Waals surface area contributed by atoms with Crippen LogP contribution < -0.4 is 0 Å². The van der Waals surface area contributed by atoms with Crippen molar-refractivity contribution in [3.05, 3.63) is 70.8 Å². The molecule has 7 heteroatoms. The number of nitrogens with zero attached hydrogens (tertiary/aromatic N) is 2. The van der Waals surface area contributed by atoms with Crippen LogP contribution in [0, 0.1) is 13.8 Å². The molecule has 4 nitrogen and oxygen atoms in total. The third-order valence-electron chi connectivity index (χ3n) is 4.53. The van der Waals surface area contributed by atoms with Crippen molar-refractivity contribution in [2.45, 2.75) is 39.2 Å². The molecule has 2 aromatic rings. The van der Waals surface area contributed by atoms with Gasteiger partial charge in [0.2, 0.25) is 0 Å². The van der Waals surface area contributed by atoms with E-state index in [1.807, 2.05) is 0 Å². The van der Waals surface area contributed by atoms with Gasteiger partial charge in [-0.25, -0.2) is 0 Å². The minimum absolute atomic E-state index is 0.101. The summed E-state index contributed by atoms with van der Waals surface area (Å²) in [6.07, 6.45) is -0.593. The molecule has 1 aromatic heterocycles. The van der Waals surface area contributed by atoms with Gasteiger partial charge in [0.05, 0.1) is 17.3 Å². The number of aryl methyl sites for hydroxylation is 2. The fourth-order valence-corrected chi connectivity index (χ4v) is 3.23. The van der Waals surface area contributed by atoms with E-state index in [4.69, 9.17) is 4.52 Å². The maximum absolute atomic E-state index is 13.3. The Morgan fingerprint density at radius 3 is 2.54 bits per heavy atom. The van der Waals surface area contributed by atoms with E-state index in [-0.39, 0.29) is 5.56 Å². The zero-order valence-electron chi connectivity index (χ0n) is 14.6. The maximum atomic E-state index is 13.3. The van der Waals surface area contributed by atoms with Crippen LogP contribution in [0.25, 0.3) is 5.57 Å². The summed E-state index contributed by atoms with van der Waals surface area (Å²) >= 11 is 0. The van der Waals surface area contributed by atoms with Gasteiger partial charge >= 0.3 is 6.18 Å². The third-order valence-corrected chi connectivity index (χ3v) is 4.53. The molecular formula is C19H19F3N2O2. The highest BCUT2D eigenvalue weighted by Crippen LogP contribution is 2.38. The number of allylic oxidation sites excluding steroid dienone is 2. The van der Waals surface area contributed by atoms with Gasteiger partial charge < -0.3 is 14.5 Å². The Bertz CT molecular complexity index is 848. The Morgan fingerprint density at radius 1 is 1.23 bits per heavy atom. The second-order valence-corrected chi connectivity index (χ2v) is 6.26. The number of aliphatic hydroxyl groups excluding tert-OH is 1. The van der Waals surface area contributed by atoms with Crippen molar-refractivity contribution in [2.24, 2.45) is 0 Å². The Morgan fingerprint density at radius 2 is 1.92 bits per heavy atom. The summed E-state index contributed by atoms with van der Waals surface area (Å²) in [5, 5.41) is 14.2. The zero-order valence-corrected chi connectivity index (χ0v) is 14.6. The van der Waals surface area contributed by atoms with E-state index in [9.17, 15) is 18.3 Å². The topological polar surface area (TPSA) is 49.5 Å². The molecule has 2 heterocycles. The van der Waals surface area contributed by atoms with Crippen LogP contribution in [0.15, 0.2) is 47.1 Å². The number of alkyl halides is 3. The second kappa shape index (κ2) is 6.64. The number of rotatable bonds is 3.